The summed E-state index contributed by atoms with van der Waals surface area (Å²) in [4.78, 5) is 27.8. The molecular weight excluding hydrogens is 273 g/mol. The molecule has 1 fully saturated rings. The van der Waals surface area contributed by atoms with Crippen LogP contribution in [-0.2, 0) is 16.0 Å². The van der Waals surface area contributed by atoms with E-state index in [0.29, 0.717) is 38.3 Å². The number of carbonyl (C=O) groups is 2. The summed E-state index contributed by atoms with van der Waals surface area (Å²) in [7, 11) is 0. The Hall–Kier alpha value is -1.95. The van der Waals surface area contributed by atoms with Crippen molar-refractivity contribution >= 4 is 17.5 Å². The Morgan fingerprint density at radius 3 is 2.81 bits per heavy atom. The van der Waals surface area contributed by atoms with Crippen LogP contribution in [0.25, 0.3) is 0 Å². The van der Waals surface area contributed by atoms with Gasteiger partial charge in [-0.05, 0) is 37.1 Å². The lowest BCUT2D eigenvalue weighted by Crippen LogP contribution is -2.46. The molecule has 2 amide bonds. The van der Waals surface area contributed by atoms with E-state index in [9.17, 15) is 14.0 Å². The second kappa shape index (κ2) is 5.81. The fraction of sp³-hybridized carbons (Fsp3) is 0.467. The molecule has 1 aromatic rings. The largest absolute Gasteiger partial charge is 0.333 e. The molecule has 2 heterocycles. The number of carbonyl (C=O) groups excluding carboxylic acids is 2. The zero-order valence-electron chi connectivity index (χ0n) is 11.8. The monoisotopic (exact) mass is 291 g/mol. The molecule has 5 nitrogen and oxygen atoms in total. The summed E-state index contributed by atoms with van der Waals surface area (Å²) in [5.74, 6) is -1.43. The standard InChI is InChI=1S/C15H18FN3O2/c16-12-3-2-11-4-8-19(13(11)10-12)15(21)14(20)18-7-1-5-17-6-9-18/h2-3,10,17H,1,4-9H2. The molecule has 0 unspecified atom stereocenters. The number of fused-ring (bicyclic) bond motifs is 1. The highest BCUT2D eigenvalue weighted by Crippen LogP contribution is 2.29. The minimum absolute atomic E-state index is 0.389. The van der Waals surface area contributed by atoms with Crippen molar-refractivity contribution in [1.82, 2.24) is 10.2 Å². The number of benzene rings is 1. The van der Waals surface area contributed by atoms with E-state index in [2.05, 4.69) is 5.32 Å². The van der Waals surface area contributed by atoms with Gasteiger partial charge >= 0.3 is 11.8 Å². The third-order valence-corrected chi connectivity index (χ3v) is 4.00. The average Bonchev–Trinajstić information content (AvgIpc) is 2.72. The number of anilines is 1. The van der Waals surface area contributed by atoms with Crippen LogP contribution in [0.4, 0.5) is 10.1 Å². The summed E-state index contributed by atoms with van der Waals surface area (Å²) in [6.45, 7) is 3.12. The second-order valence-electron chi connectivity index (χ2n) is 5.38. The van der Waals surface area contributed by atoms with Gasteiger partial charge in [-0.15, -0.1) is 0 Å². The molecule has 1 N–H and O–H groups in total. The third kappa shape index (κ3) is 2.76. The molecule has 0 aliphatic carbocycles. The van der Waals surface area contributed by atoms with Crippen molar-refractivity contribution in [2.45, 2.75) is 12.8 Å². The van der Waals surface area contributed by atoms with Crippen LogP contribution in [0.2, 0.25) is 0 Å². The van der Waals surface area contributed by atoms with E-state index in [4.69, 9.17) is 0 Å². The quantitative estimate of drug-likeness (QED) is 0.710. The minimum Gasteiger partial charge on any atom is -0.333 e. The summed E-state index contributed by atoms with van der Waals surface area (Å²) in [6, 6.07) is 4.39. The third-order valence-electron chi connectivity index (χ3n) is 4.00. The lowest BCUT2D eigenvalue weighted by atomic mass is 10.2. The molecule has 0 radical (unpaired) electrons. The predicted molar refractivity (Wildman–Crippen MR) is 76.5 cm³/mol. The number of hydrogen-bond donors (Lipinski definition) is 1. The Morgan fingerprint density at radius 2 is 1.95 bits per heavy atom. The van der Waals surface area contributed by atoms with Gasteiger partial charge in [0, 0.05) is 26.2 Å². The van der Waals surface area contributed by atoms with E-state index < -0.39 is 11.8 Å². The van der Waals surface area contributed by atoms with Gasteiger partial charge in [-0.2, -0.15) is 0 Å². The highest BCUT2D eigenvalue weighted by Gasteiger charge is 2.32. The van der Waals surface area contributed by atoms with E-state index >= 15 is 0 Å². The SMILES string of the molecule is O=C(C(=O)N1CCc2ccc(F)cc21)N1CCCNCC1. The maximum Gasteiger partial charge on any atom is 0.316 e. The van der Waals surface area contributed by atoms with E-state index in [0.717, 1.165) is 18.5 Å². The zero-order chi connectivity index (χ0) is 14.8. The van der Waals surface area contributed by atoms with Gasteiger partial charge in [-0.3, -0.25) is 9.59 Å². The first-order valence-electron chi connectivity index (χ1n) is 7.27. The van der Waals surface area contributed by atoms with Crippen molar-refractivity contribution < 1.29 is 14.0 Å². The molecule has 2 aliphatic rings. The van der Waals surface area contributed by atoms with Gasteiger partial charge in [0.2, 0.25) is 0 Å². The number of nitrogens with one attached hydrogen (secondary N) is 1. The smallest absolute Gasteiger partial charge is 0.316 e. The predicted octanol–water partition coefficient (Wildman–Crippen LogP) is 0.537. The number of hydrogen-bond acceptors (Lipinski definition) is 3. The lowest BCUT2D eigenvalue weighted by molar-refractivity contribution is -0.144. The van der Waals surface area contributed by atoms with Gasteiger partial charge < -0.3 is 15.1 Å². The topological polar surface area (TPSA) is 52.7 Å². The Labute approximate surface area is 122 Å². The maximum atomic E-state index is 13.4. The first kappa shape index (κ1) is 14.0. The van der Waals surface area contributed by atoms with Crippen LogP contribution in [0.3, 0.4) is 0 Å². The summed E-state index contributed by atoms with van der Waals surface area (Å²) in [5, 5.41) is 3.20. The molecule has 3 rings (SSSR count). The lowest BCUT2D eigenvalue weighted by Gasteiger charge is -2.23. The first-order valence-corrected chi connectivity index (χ1v) is 7.27. The molecule has 0 spiro atoms. The van der Waals surface area contributed by atoms with Crippen LogP contribution < -0.4 is 10.2 Å². The highest BCUT2D eigenvalue weighted by molar-refractivity contribution is 6.40. The van der Waals surface area contributed by atoms with Crippen LogP contribution in [-0.4, -0.2) is 49.4 Å². The Kier molecular flexibility index (Phi) is 3.88. The molecule has 6 heteroatoms. The van der Waals surface area contributed by atoms with E-state index in [1.54, 1.807) is 11.0 Å². The summed E-state index contributed by atoms with van der Waals surface area (Å²) in [6.07, 6.45) is 1.50. The zero-order valence-corrected chi connectivity index (χ0v) is 11.8. The van der Waals surface area contributed by atoms with Crippen molar-refractivity contribution in [2.24, 2.45) is 0 Å². The van der Waals surface area contributed by atoms with Crippen molar-refractivity contribution in [3.63, 3.8) is 0 Å². The fourth-order valence-corrected chi connectivity index (χ4v) is 2.86. The van der Waals surface area contributed by atoms with Crippen LogP contribution in [0.5, 0.6) is 0 Å². The molecule has 0 aromatic heterocycles. The van der Waals surface area contributed by atoms with Crippen molar-refractivity contribution in [3.8, 4) is 0 Å². The first-order chi connectivity index (χ1) is 10.2. The van der Waals surface area contributed by atoms with Gasteiger partial charge in [0.05, 0.1) is 5.69 Å². The van der Waals surface area contributed by atoms with Crippen molar-refractivity contribution in [3.05, 3.63) is 29.6 Å². The van der Waals surface area contributed by atoms with Gasteiger partial charge in [-0.25, -0.2) is 4.39 Å². The van der Waals surface area contributed by atoms with Crippen LogP contribution in [0, 0.1) is 5.82 Å². The van der Waals surface area contributed by atoms with E-state index in [1.807, 2.05) is 0 Å². The Morgan fingerprint density at radius 1 is 1.10 bits per heavy atom. The van der Waals surface area contributed by atoms with Crippen molar-refractivity contribution in [1.29, 1.82) is 0 Å². The molecule has 0 bridgehead atoms. The number of rotatable bonds is 0. The minimum atomic E-state index is -0.554. The highest BCUT2D eigenvalue weighted by atomic mass is 19.1. The summed E-state index contributed by atoms with van der Waals surface area (Å²) >= 11 is 0. The molecule has 1 saturated heterocycles. The molecular formula is C15H18FN3O2. The van der Waals surface area contributed by atoms with E-state index in [-0.39, 0.29) is 5.82 Å². The fourth-order valence-electron chi connectivity index (χ4n) is 2.86. The molecule has 1 aromatic carbocycles. The van der Waals surface area contributed by atoms with E-state index in [1.165, 1.54) is 17.0 Å². The molecule has 0 saturated carbocycles. The van der Waals surface area contributed by atoms with Crippen LogP contribution in [0.15, 0.2) is 18.2 Å². The normalized spacial score (nSPS) is 18.3. The molecule has 0 atom stereocenters. The van der Waals surface area contributed by atoms with Gasteiger partial charge in [-0.1, -0.05) is 6.07 Å². The van der Waals surface area contributed by atoms with Crippen molar-refractivity contribution in [2.75, 3.05) is 37.6 Å². The number of nitrogens with zero attached hydrogens (tertiary/aromatic N) is 2. The Balaban J connectivity index is 1.77. The van der Waals surface area contributed by atoms with Crippen LogP contribution in [0.1, 0.15) is 12.0 Å². The van der Waals surface area contributed by atoms with Crippen LogP contribution >= 0.6 is 0 Å². The Bertz CT molecular complexity index is 568. The summed E-state index contributed by atoms with van der Waals surface area (Å²) in [5.41, 5.74) is 1.44. The molecule has 2 aliphatic heterocycles. The van der Waals surface area contributed by atoms with Gasteiger partial charge in [0.15, 0.2) is 0 Å². The summed E-state index contributed by atoms with van der Waals surface area (Å²) < 4.78 is 13.4. The number of halogens is 1. The molecule has 112 valence electrons. The second-order valence-corrected chi connectivity index (χ2v) is 5.38. The maximum absolute atomic E-state index is 13.4. The molecule has 21 heavy (non-hydrogen) atoms. The van der Waals surface area contributed by atoms with Gasteiger partial charge in [0.1, 0.15) is 5.82 Å². The average molecular weight is 291 g/mol. The van der Waals surface area contributed by atoms with Gasteiger partial charge in [0.25, 0.3) is 0 Å². The number of amides is 2.